The Morgan fingerprint density at radius 1 is 1.25 bits per heavy atom. The molecular formula is C16H12F2IN3O2. The second-order valence-electron chi connectivity index (χ2n) is 5.76. The molecule has 0 bridgehead atoms. The van der Waals surface area contributed by atoms with Crippen LogP contribution in [0.15, 0.2) is 30.5 Å². The van der Waals surface area contributed by atoms with E-state index in [1.54, 1.807) is 12.3 Å². The normalized spacial score (nSPS) is 23.5. The molecule has 2 aliphatic rings. The summed E-state index contributed by atoms with van der Waals surface area (Å²) in [5.74, 6) is -1.03. The van der Waals surface area contributed by atoms with Gasteiger partial charge in [0.15, 0.2) is 11.6 Å². The number of rotatable bonds is 2. The van der Waals surface area contributed by atoms with Crippen molar-refractivity contribution >= 4 is 34.4 Å². The van der Waals surface area contributed by atoms with Gasteiger partial charge in [-0.2, -0.15) is 0 Å². The Kier molecular flexibility index (Phi) is 3.78. The fraction of sp³-hybridized carbons (Fsp3) is 0.250. The van der Waals surface area contributed by atoms with Crippen molar-refractivity contribution in [3.63, 3.8) is 0 Å². The van der Waals surface area contributed by atoms with E-state index in [1.807, 2.05) is 6.07 Å². The lowest BCUT2D eigenvalue weighted by atomic mass is 10.0. The van der Waals surface area contributed by atoms with Gasteiger partial charge in [-0.05, 0) is 46.9 Å². The maximum Gasteiger partial charge on any atom is 0.320 e. The van der Waals surface area contributed by atoms with E-state index in [1.165, 1.54) is 0 Å². The van der Waals surface area contributed by atoms with Crippen LogP contribution in [0.3, 0.4) is 0 Å². The molecule has 4 rings (SSSR count). The van der Waals surface area contributed by atoms with Crippen molar-refractivity contribution in [1.29, 1.82) is 0 Å². The van der Waals surface area contributed by atoms with Crippen LogP contribution >= 0.6 is 22.6 Å². The minimum Gasteiger partial charge on any atom is -0.490 e. The minimum absolute atomic E-state index is 0.0414. The maximum absolute atomic E-state index is 14.0. The molecule has 0 spiro atoms. The molecule has 0 saturated heterocycles. The average molecular weight is 443 g/mol. The molecule has 1 aliphatic carbocycles. The summed E-state index contributed by atoms with van der Waals surface area (Å²) in [4.78, 5) is 16.2. The van der Waals surface area contributed by atoms with E-state index >= 15 is 0 Å². The minimum atomic E-state index is -0.581. The average Bonchev–Trinajstić information content (AvgIpc) is 3.26. The number of aromatic nitrogens is 1. The van der Waals surface area contributed by atoms with Gasteiger partial charge in [-0.25, -0.2) is 18.6 Å². The van der Waals surface area contributed by atoms with Crippen molar-refractivity contribution < 1.29 is 18.3 Å². The highest BCUT2D eigenvalue weighted by Gasteiger charge is 2.57. The monoisotopic (exact) mass is 443 g/mol. The highest BCUT2D eigenvalue weighted by molar-refractivity contribution is 14.1. The Hall–Kier alpha value is -1.97. The molecule has 2 N–H and O–H groups in total. The number of anilines is 1. The molecule has 2 aromatic rings. The zero-order valence-electron chi connectivity index (χ0n) is 12.2. The first-order chi connectivity index (χ1) is 11.5. The zero-order valence-corrected chi connectivity index (χ0v) is 14.4. The summed E-state index contributed by atoms with van der Waals surface area (Å²) in [6.07, 6.45) is 1.63. The molecule has 3 atom stereocenters. The number of carbonyl (C=O) groups excluding carboxylic acids is 1. The van der Waals surface area contributed by atoms with E-state index in [4.69, 9.17) is 4.74 Å². The lowest BCUT2D eigenvalue weighted by molar-refractivity contribution is 0.247. The van der Waals surface area contributed by atoms with E-state index in [9.17, 15) is 13.6 Å². The van der Waals surface area contributed by atoms with E-state index in [0.29, 0.717) is 5.82 Å². The Morgan fingerprint density at radius 2 is 2.04 bits per heavy atom. The van der Waals surface area contributed by atoms with Gasteiger partial charge in [0.25, 0.3) is 0 Å². The largest absolute Gasteiger partial charge is 0.490 e. The molecule has 1 aliphatic heterocycles. The van der Waals surface area contributed by atoms with Crippen LogP contribution in [0.1, 0.15) is 11.5 Å². The fourth-order valence-corrected chi connectivity index (χ4v) is 3.43. The first kappa shape index (κ1) is 15.6. The maximum atomic E-state index is 14.0. The standard InChI is InChI=1S/C16H12F2IN3O2/c17-9-2-3-10(18)15-13(9)12-8(6-24-15)14(12)22-16(23)21-11-4-1-7(19)5-20-11/h1-5,8,12,14H,6H2,(H2,20,21,22,23)/t8-,12-,14?/m0/s1. The van der Waals surface area contributed by atoms with Gasteiger partial charge in [0.05, 0.1) is 6.61 Å². The van der Waals surface area contributed by atoms with Crippen LogP contribution in [0.4, 0.5) is 19.4 Å². The molecule has 1 aromatic carbocycles. The number of hydrogen-bond acceptors (Lipinski definition) is 3. The molecule has 5 nitrogen and oxygen atoms in total. The number of urea groups is 1. The molecule has 1 saturated carbocycles. The second kappa shape index (κ2) is 5.83. The number of ether oxygens (including phenoxy) is 1. The Bertz CT molecular complexity index is 816. The van der Waals surface area contributed by atoms with E-state index in [2.05, 4.69) is 38.2 Å². The number of halogens is 3. The smallest absolute Gasteiger partial charge is 0.320 e. The lowest BCUT2D eigenvalue weighted by Gasteiger charge is -2.16. The van der Waals surface area contributed by atoms with Gasteiger partial charge < -0.3 is 10.1 Å². The third kappa shape index (κ3) is 2.68. The number of nitrogens with zero attached hydrogens (tertiary/aromatic N) is 1. The molecule has 2 amide bonds. The Morgan fingerprint density at radius 3 is 2.79 bits per heavy atom. The fourth-order valence-electron chi connectivity index (χ4n) is 3.11. The van der Waals surface area contributed by atoms with Crippen LogP contribution in [-0.4, -0.2) is 23.7 Å². The third-order valence-corrected chi connectivity index (χ3v) is 4.92. The molecule has 0 radical (unpaired) electrons. The second-order valence-corrected chi connectivity index (χ2v) is 7.00. The van der Waals surface area contributed by atoms with Crippen LogP contribution in [0.5, 0.6) is 5.75 Å². The van der Waals surface area contributed by atoms with E-state index in [-0.39, 0.29) is 35.8 Å². The van der Waals surface area contributed by atoms with Gasteiger partial charge in [0, 0.05) is 33.2 Å². The molecule has 1 fully saturated rings. The number of nitrogens with one attached hydrogen (secondary N) is 2. The lowest BCUT2D eigenvalue weighted by Crippen LogP contribution is -2.32. The van der Waals surface area contributed by atoms with Crippen molar-refractivity contribution in [3.05, 3.63) is 51.2 Å². The van der Waals surface area contributed by atoms with E-state index < -0.39 is 17.7 Å². The summed E-state index contributed by atoms with van der Waals surface area (Å²) in [6, 6.07) is 4.93. The summed E-state index contributed by atoms with van der Waals surface area (Å²) in [5.41, 5.74) is 0.212. The quantitative estimate of drug-likeness (QED) is 0.701. The molecule has 8 heteroatoms. The van der Waals surface area contributed by atoms with Gasteiger partial charge in [0.1, 0.15) is 11.6 Å². The summed E-state index contributed by atoms with van der Waals surface area (Å²) in [5, 5.41) is 5.41. The number of amides is 2. The SMILES string of the molecule is O=C(Nc1ccc(I)cn1)NC1[C@H]2COc3c(F)ccc(F)c3[C@@H]12. The van der Waals surface area contributed by atoms with Crippen molar-refractivity contribution in [1.82, 2.24) is 10.3 Å². The van der Waals surface area contributed by atoms with Crippen LogP contribution in [0.2, 0.25) is 0 Å². The number of pyridine rings is 1. The highest BCUT2D eigenvalue weighted by atomic mass is 127. The first-order valence-electron chi connectivity index (χ1n) is 7.34. The molecule has 124 valence electrons. The first-order valence-corrected chi connectivity index (χ1v) is 8.42. The van der Waals surface area contributed by atoms with Crippen molar-refractivity contribution in [2.24, 2.45) is 5.92 Å². The number of carbonyl (C=O) groups is 1. The summed E-state index contributed by atoms with van der Waals surface area (Å²) < 4.78 is 34.1. The molecule has 2 heterocycles. The summed E-state index contributed by atoms with van der Waals surface area (Å²) >= 11 is 2.12. The van der Waals surface area contributed by atoms with Gasteiger partial charge in [-0.1, -0.05) is 0 Å². The van der Waals surface area contributed by atoms with Gasteiger partial charge in [0.2, 0.25) is 0 Å². The molecule has 1 unspecified atom stereocenters. The predicted octanol–water partition coefficient (Wildman–Crippen LogP) is 3.26. The highest BCUT2D eigenvalue weighted by Crippen LogP contribution is 2.55. The number of fused-ring (bicyclic) bond motifs is 3. The topological polar surface area (TPSA) is 63.2 Å². The number of benzene rings is 1. The van der Waals surface area contributed by atoms with Gasteiger partial charge in [-0.3, -0.25) is 5.32 Å². The van der Waals surface area contributed by atoms with Gasteiger partial charge >= 0.3 is 6.03 Å². The van der Waals surface area contributed by atoms with Crippen LogP contribution in [0.25, 0.3) is 0 Å². The zero-order chi connectivity index (χ0) is 16.8. The van der Waals surface area contributed by atoms with Crippen LogP contribution in [0, 0.1) is 21.1 Å². The van der Waals surface area contributed by atoms with Gasteiger partial charge in [-0.15, -0.1) is 0 Å². The third-order valence-electron chi connectivity index (χ3n) is 4.28. The van der Waals surface area contributed by atoms with Crippen molar-refractivity contribution in [2.45, 2.75) is 12.0 Å². The van der Waals surface area contributed by atoms with Crippen molar-refractivity contribution in [3.8, 4) is 5.75 Å². The Labute approximate surface area is 149 Å². The summed E-state index contributed by atoms with van der Waals surface area (Å²) in [6.45, 7) is 0.255. The Balaban J connectivity index is 1.47. The predicted molar refractivity (Wildman–Crippen MR) is 91.0 cm³/mol. The van der Waals surface area contributed by atoms with Crippen LogP contribution in [-0.2, 0) is 0 Å². The molecule has 1 aromatic heterocycles. The molecule has 24 heavy (non-hydrogen) atoms. The van der Waals surface area contributed by atoms with E-state index in [0.717, 1.165) is 15.7 Å². The summed E-state index contributed by atoms with van der Waals surface area (Å²) in [7, 11) is 0. The van der Waals surface area contributed by atoms with Crippen LogP contribution < -0.4 is 15.4 Å². The van der Waals surface area contributed by atoms with Crippen molar-refractivity contribution in [2.75, 3.05) is 11.9 Å². The molecular weight excluding hydrogens is 431 g/mol. The number of hydrogen-bond donors (Lipinski definition) is 2.